The summed E-state index contributed by atoms with van der Waals surface area (Å²) in [4.78, 5) is 14.7. The predicted molar refractivity (Wildman–Crippen MR) is 84.2 cm³/mol. The highest BCUT2D eigenvalue weighted by atomic mass is 16.1. The molecule has 1 aromatic carbocycles. The molecule has 0 saturated carbocycles. The van der Waals surface area contributed by atoms with Gasteiger partial charge in [-0.1, -0.05) is 31.0 Å². The van der Waals surface area contributed by atoms with Gasteiger partial charge < -0.3 is 4.90 Å². The van der Waals surface area contributed by atoms with Gasteiger partial charge in [0.05, 0.1) is 0 Å². The maximum absolute atomic E-state index is 12.3. The lowest BCUT2D eigenvalue weighted by Gasteiger charge is -2.17. The number of Topliss-reactive ketones (excluding diaryl/α,β-unsaturated/α-hetero) is 1. The van der Waals surface area contributed by atoms with Crippen molar-refractivity contribution in [2.45, 2.75) is 40.5 Å². The minimum absolute atomic E-state index is 0.282. The maximum atomic E-state index is 12.3. The van der Waals surface area contributed by atoms with Gasteiger partial charge in [0.2, 0.25) is 0 Å². The van der Waals surface area contributed by atoms with Crippen LogP contribution in [0.3, 0.4) is 0 Å². The first-order valence-electron chi connectivity index (χ1n) is 7.79. The van der Waals surface area contributed by atoms with Crippen molar-refractivity contribution in [3.05, 3.63) is 34.9 Å². The van der Waals surface area contributed by atoms with E-state index in [1.807, 2.05) is 12.1 Å². The van der Waals surface area contributed by atoms with Gasteiger partial charge in [0.1, 0.15) is 0 Å². The van der Waals surface area contributed by atoms with Crippen LogP contribution in [0.2, 0.25) is 0 Å². The van der Waals surface area contributed by atoms with E-state index < -0.39 is 0 Å². The van der Waals surface area contributed by atoms with Crippen molar-refractivity contribution >= 4 is 5.78 Å². The monoisotopic (exact) mass is 273 g/mol. The fourth-order valence-electron chi connectivity index (χ4n) is 3.15. The summed E-state index contributed by atoms with van der Waals surface area (Å²) in [6, 6.07) is 6.14. The molecule has 1 aliphatic rings. The number of hydrogen-bond acceptors (Lipinski definition) is 2. The summed E-state index contributed by atoms with van der Waals surface area (Å²) in [5.41, 5.74) is 3.23. The minimum Gasteiger partial charge on any atom is -0.303 e. The Labute approximate surface area is 123 Å². The quantitative estimate of drug-likeness (QED) is 0.759. The van der Waals surface area contributed by atoms with E-state index in [-0.39, 0.29) is 5.78 Å². The zero-order valence-corrected chi connectivity index (χ0v) is 13.3. The van der Waals surface area contributed by atoms with Crippen LogP contribution in [-0.4, -0.2) is 30.3 Å². The van der Waals surface area contributed by atoms with Crippen LogP contribution in [0, 0.1) is 25.7 Å². The lowest BCUT2D eigenvalue weighted by molar-refractivity contribution is 0.0967. The Balaban J connectivity index is 1.87. The van der Waals surface area contributed by atoms with Crippen molar-refractivity contribution in [1.82, 2.24) is 4.90 Å². The van der Waals surface area contributed by atoms with Crippen LogP contribution in [0.5, 0.6) is 0 Å². The molecule has 0 bridgehead atoms. The second kappa shape index (κ2) is 6.53. The average molecular weight is 273 g/mol. The number of aryl methyl sites for hydroxylation is 2. The standard InChI is InChI=1S/C18H27NO/c1-13(2)16-5-7-19(12-16)8-6-18(20)17-10-14(3)9-15(4)11-17/h9-11,13,16H,5-8,12H2,1-4H3. The largest absolute Gasteiger partial charge is 0.303 e. The molecule has 20 heavy (non-hydrogen) atoms. The molecule has 1 saturated heterocycles. The van der Waals surface area contributed by atoms with E-state index in [1.165, 1.54) is 17.5 Å². The third-order valence-electron chi connectivity index (χ3n) is 4.45. The molecule has 110 valence electrons. The van der Waals surface area contributed by atoms with E-state index in [2.05, 4.69) is 38.7 Å². The van der Waals surface area contributed by atoms with Gasteiger partial charge >= 0.3 is 0 Å². The first-order chi connectivity index (χ1) is 9.45. The van der Waals surface area contributed by atoms with Gasteiger partial charge in [0, 0.05) is 25.1 Å². The number of rotatable bonds is 5. The molecular formula is C18H27NO. The Morgan fingerprint density at radius 2 is 1.90 bits per heavy atom. The minimum atomic E-state index is 0.282. The van der Waals surface area contributed by atoms with E-state index >= 15 is 0 Å². The Bertz CT molecular complexity index is 458. The van der Waals surface area contributed by atoms with Gasteiger partial charge in [0.25, 0.3) is 0 Å². The van der Waals surface area contributed by atoms with Crippen LogP contribution in [0.1, 0.15) is 48.2 Å². The summed E-state index contributed by atoms with van der Waals surface area (Å²) in [7, 11) is 0. The van der Waals surface area contributed by atoms with Crippen LogP contribution in [0.15, 0.2) is 18.2 Å². The third-order valence-corrected chi connectivity index (χ3v) is 4.45. The van der Waals surface area contributed by atoms with Gasteiger partial charge in [-0.05, 0) is 50.8 Å². The predicted octanol–water partition coefficient (Wildman–Crippen LogP) is 3.85. The molecule has 1 aromatic rings. The van der Waals surface area contributed by atoms with Crippen molar-refractivity contribution in [2.75, 3.05) is 19.6 Å². The van der Waals surface area contributed by atoms with E-state index in [4.69, 9.17) is 0 Å². The fourth-order valence-corrected chi connectivity index (χ4v) is 3.15. The highest BCUT2D eigenvalue weighted by Crippen LogP contribution is 2.23. The summed E-state index contributed by atoms with van der Waals surface area (Å²) >= 11 is 0. The third kappa shape index (κ3) is 3.92. The highest BCUT2D eigenvalue weighted by Gasteiger charge is 2.24. The second-order valence-corrected chi connectivity index (χ2v) is 6.64. The molecule has 1 heterocycles. The maximum Gasteiger partial charge on any atom is 0.164 e. The second-order valence-electron chi connectivity index (χ2n) is 6.64. The van der Waals surface area contributed by atoms with Gasteiger partial charge in [-0.3, -0.25) is 4.79 Å². The smallest absolute Gasteiger partial charge is 0.164 e. The summed E-state index contributed by atoms with van der Waals surface area (Å²) in [6.45, 7) is 11.9. The van der Waals surface area contributed by atoms with Gasteiger partial charge in [-0.2, -0.15) is 0 Å². The number of ketones is 1. The van der Waals surface area contributed by atoms with E-state index in [1.54, 1.807) is 0 Å². The van der Waals surface area contributed by atoms with Crippen molar-refractivity contribution in [3.8, 4) is 0 Å². The fraction of sp³-hybridized carbons (Fsp3) is 0.611. The summed E-state index contributed by atoms with van der Waals surface area (Å²) in [5, 5.41) is 0. The highest BCUT2D eigenvalue weighted by molar-refractivity contribution is 5.96. The first kappa shape index (κ1) is 15.2. The summed E-state index contributed by atoms with van der Waals surface area (Å²) < 4.78 is 0. The molecule has 0 aromatic heterocycles. The summed E-state index contributed by atoms with van der Waals surface area (Å²) in [6.07, 6.45) is 1.93. The number of likely N-dealkylation sites (tertiary alicyclic amines) is 1. The molecule has 2 heteroatoms. The molecule has 1 fully saturated rings. The SMILES string of the molecule is Cc1cc(C)cc(C(=O)CCN2CCC(C(C)C)C2)c1. The Morgan fingerprint density at radius 3 is 2.45 bits per heavy atom. The van der Waals surface area contributed by atoms with Crippen LogP contribution in [-0.2, 0) is 0 Å². The van der Waals surface area contributed by atoms with Crippen molar-refractivity contribution in [3.63, 3.8) is 0 Å². The van der Waals surface area contributed by atoms with E-state index in [0.717, 1.165) is 37.0 Å². The molecule has 2 rings (SSSR count). The molecule has 0 N–H and O–H groups in total. The first-order valence-corrected chi connectivity index (χ1v) is 7.79. The number of hydrogen-bond donors (Lipinski definition) is 0. The molecule has 1 atom stereocenters. The lowest BCUT2D eigenvalue weighted by atomic mass is 9.95. The lowest BCUT2D eigenvalue weighted by Crippen LogP contribution is -2.25. The van der Waals surface area contributed by atoms with Crippen LogP contribution < -0.4 is 0 Å². The van der Waals surface area contributed by atoms with Crippen LogP contribution in [0.4, 0.5) is 0 Å². The zero-order chi connectivity index (χ0) is 14.7. The Kier molecular flexibility index (Phi) is 4.98. The van der Waals surface area contributed by atoms with Gasteiger partial charge in [-0.25, -0.2) is 0 Å². The number of nitrogens with zero attached hydrogens (tertiary/aromatic N) is 1. The van der Waals surface area contributed by atoms with E-state index in [9.17, 15) is 4.79 Å². The molecule has 0 radical (unpaired) electrons. The molecule has 1 unspecified atom stereocenters. The van der Waals surface area contributed by atoms with Gasteiger partial charge in [0.15, 0.2) is 5.78 Å². The molecule has 0 amide bonds. The molecular weight excluding hydrogens is 246 g/mol. The Hall–Kier alpha value is -1.15. The zero-order valence-electron chi connectivity index (χ0n) is 13.3. The molecule has 0 spiro atoms. The van der Waals surface area contributed by atoms with Crippen molar-refractivity contribution in [2.24, 2.45) is 11.8 Å². The Morgan fingerprint density at radius 1 is 1.25 bits per heavy atom. The average Bonchev–Trinajstić information content (AvgIpc) is 2.83. The van der Waals surface area contributed by atoms with Crippen molar-refractivity contribution < 1.29 is 4.79 Å². The number of carbonyl (C=O) groups excluding carboxylic acids is 1. The topological polar surface area (TPSA) is 20.3 Å². The van der Waals surface area contributed by atoms with Crippen molar-refractivity contribution in [1.29, 1.82) is 0 Å². The van der Waals surface area contributed by atoms with Gasteiger partial charge in [-0.15, -0.1) is 0 Å². The van der Waals surface area contributed by atoms with Crippen LogP contribution in [0.25, 0.3) is 0 Å². The molecule has 0 aliphatic carbocycles. The molecule has 1 aliphatic heterocycles. The normalized spacial score (nSPS) is 19.8. The number of benzene rings is 1. The molecule has 2 nitrogen and oxygen atoms in total. The summed E-state index contributed by atoms with van der Waals surface area (Å²) in [5.74, 6) is 1.85. The number of carbonyl (C=O) groups is 1. The van der Waals surface area contributed by atoms with Crippen LogP contribution >= 0.6 is 0 Å². The van der Waals surface area contributed by atoms with E-state index in [0.29, 0.717) is 6.42 Å².